The molecule has 1 aliphatic rings. The van der Waals surface area contributed by atoms with Gasteiger partial charge in [0.25, 0.3) is 5.56 Å². The van der Waals surface area contributed by atoms with Gasteiger partial charge in [-0.2, -0.15) is 0 Å². The Hall–Kier alpha value is -3.21. The van der Waals surface area contributed by atoms with Crippen molar-refractivity contribution < 1.29 is 5.11 Å². The van der Waals surface area contributed by atoms with E-state index in [1.807, 2.05) is 30.5 Å². The maximum Gasteiger partial charge on any atom is 0.295 e. The maximum atomic E-state index is 11.9. The summed E-state index contributed by atoms with van der Waals surface area (Å²) in [7, 11) is 1.60. The van der Waals surface area contributed by atoms with E-state index in [0.717, 1.165) is 28.8 Å². The van der Waals surface area contributed by atoms with Crippen molar-refractivity contribution in [1.82, 2.24) is 9.55 Å². The van der Waals surface area contributed by atoms with Crippen LogP contribution in [-0.2, 0) is 13.5 Å². The SMILES string of the molecule is Cn1c(-c2cccc(-c3ccc4c(c3)N=CC4)c2)ncc(O)c1=O. The summed E-state index contributed by atoms with van der Waals surface area (Å²) in [6.07, 6.45) is 3.99. The standard InChI is InChI=1S/C19H15N3O2/c1-22-18(21-11-17(23)19(22)24)15-4-2-3-13(9-15)14-6-5-12-7-8-20-16(12)10-14/h2-6,8-11,23H,7H2,1H3. The van der Waals surface area contributed by atoms with E-state index in [1.165, 1.54) is 16.3 Å². The Labute approximate surface area is 138 Å². The first-order chi connectivity index (χ1) is 11.6. The van der Waals surface area contributed by atoms with Crippen LogP contribution in [0.15, 0.2) is 58.4 Å². The normalized spacial score (nSPS) is 12.4. The van der Waals surface area contributed by atoms with Crippen LogP contribution >= 0.6 is 0 Å². The summed E-state index contributed by atoms with van der Waals surface area (Å²) >= 11 is 0. The Balaban J connectivity index is 1.81. The molecule has 1 aliphatic heterocycles. The molecular weight excluding hydrogens is 302 g/mol. The molecule has 0 aliphatic carbocycles. The summed E-state index contributed by atoms with van der Waals surface area (Å²) in [5.41, 5.74) is 4.69. The molecular formula is C19H15N3O2. The summed E-state index contributed by atoms with van der Waals surface area (Å²) in [5.74, 6) is 0.160. The van der Waals surface area contributed by atoms with Crippen molar-refractivity contribution in [3.63, 3.8) is 0 Å². The molecule has 2 aromatic carbocycles. The van der Waals surface area contributed by atoms with E-state index >= 15 is 0 Å². The molecule has 1 aromatic heterocycles. The minimum atomic E-state index is -0.461. The largest absolute Gasteiger partial charge is 0.502 e. The smallest absolute Gasteiger partial charge is 0.295 e. The molecule has 0 amide bonds. The molecule has 0 atom stereocenters. The monoisotopic (exact) mass is 317 g/mol. The highest BCUT2D eigenvalue weighted by Crippen LogP contribution is 2.31. The molecule has 3 aromatic rings. The van der Waals surface area contributed by atoms with Crippen LogP contribution in [0.25, 0.3) is 22.5 Å². The fraction of sp³-hybridized carbons (Fsp3) is 0.105. The highest BCUT2D eigenvalue weighted by Gasteiger charge is 2.11. The van der Waals surface area contributed by atoms with Crippen molar-refractivity contribution in [3.8, 4) is 28.3 Å². The Morgan fingerprint density at radius 2 is 1.88 bits per heavy atom. The van der Waals surface area contributed by atoms with Gasteiger partial charge in [0.15, 0.2) is 5.75 Å². The van der Waals surface area contributed by atoms with Crippen LogP contribution in [-0.4, -0.2) is 20.9 Å². The molecule has 5 heteroatoms. The molecule has 0 saturated heterocycles. The number of hydrogen-bond acceptors (Lipinski definition) is 4. The lowest BCUT2D eigenvalue weighted by Crippen LogP contribution is -2.18. The van der Waals surface area contributed by atoms with Gasteiger partial charge < -0.3 is 5.11 Å². The van der Waals surface area contributed by atoms with Gasteiger partial charge in [0.1, 0.15) is 5.82 Å². The zero-order chi connectivity index (χ0) is 16.7. The predicted octanol–water partition coefficient (Wildman–Crippen LogP) is 3.08. The molecule has 4 rings (SSSR count). The van der Waals surface area contributed by atoms with Gasteiger partial charge in [-0.05, 0) is 28.8 Å². The lowest BCUT2D eigenvalue weighted by Gasteiger charge is -2.10. The van der Waals surface area contributed by atoms with E-state index in [4.69, 9.17) is 0 Å². The highest BCUT2D eigenvalue weighted by molar-refractivity contribution is 5.80. The number of rotatable bonds is 2. The molecule has 0 fully saturated rings. The number of nitrogens with zero attached hydrogens (tertiary/aromatic N) is 3. The zero-order valence-corrected chi connectivity index (χ0v) is 13.1. The topological polar surface area (TPSA) is 67.5 Å². The van der Waals surface area contributed by atoms with Gasteiger partial charge in [0.05, 0.1) is 11.9 Å². The van der Waals surface area contributed by atoms with Gasteiger partial charge in [0, 0.05) is 25.2 Å². The van der Waals surface area contributed by atoms with Crippen molar-refractivity contribution in [2.75, 3.05) is 0 Å². The number of aliphatic imine (C=N–C) groups is 1. The number of hydrogen-bond donors (Lipinski definition) is 1. The van der Waals surface area contributed by atoms with Crippen molar-refractivity contribution in [1.29, 1.82) is 0 Å². The summed E-state index contributed by atoms with van der Waals surface area (Å²) in [6.45, 7) is 0. The molecule has 24 heavy (non-hydrogen) atoms. The number of aromatic hydroxyl groups is 1. The van der Waals surface area contributed by atoms with E-state index in [0.29, 0.717) is 5.82 Å². The third-order valence-electron chi connectivity index (χ3n) is 4.23. The average Bonchev–Trinajstić information content (AvgIpc) is 3.07. The molecule has 0 spiro atoms. The fourth-order valence-corrected chi connectivity index (χ4v) is 2.92. The number of aromatic nitrogens is 2. The summed E-state index contributed by atoms with van der Waals surface area (Å²) in [5, 5.41) is 9.48. The van der Waals surface area contributed by atoms with E-state index < -0.39 is 5.56 Å². The minimum absolute atomic E-state index is 0.353. The van der Waals surface area contributed by atoms with Gasteiger partial charge in [0.2, 0.25) is 0 Å². The minimum Gasteiger partial charge on any atom is -0.502 e. The Morgan fingerprint density at radius 3 is 2.75 bits per heavy atom. The first-order valence-corrected chi connectivity index (χ1v) is 7.65. The van der Waals surface area contributed by atoms with Gasteiger partial charge in [-0.1, -0.05) is 30.3 Å². The van der Waals surface area contributed by atoms with E-state index in [9.17, 15) is 9.90 Å². The number of benzene rings is 2. The molecule has 0 bridgehead atoms. The molecule has 0 saturated carbocycles. The Kier molecular flexibility index (Phi) is 3.27. The predicted molar refractivity (Wildman–Crippen MR) is 93.9 cm³/mol. The second kappa shape index (κ2) is 5.45. The molecule has 5 nitrogen and oxygen atoms in total. The second-order valence-corrected chi connectivity index (χ2v) is 5.77. The van der Waals surface area contributed by atoms with Crippen molar-refractivity contribution in [2.24, 2.45) is 12.0 Å². The van der Waals surface area contributed by atoms with Crippen LogP contribution in [0.2, 0.25) is 0 Å². The highest BCUT2D eigenvalue weighted by atomic mass is 16.3. The van der Waals surface area contributed by atoms with Gasteiger partial charge >= 0.3 is 0 Å². The second-order valence-electron chi connectivity index (χ2n) is 5.77. The summed E-state index contributed by atoms with van der Waals surface area (Å²) in [4.78, 5) is 20.5. The third-order valence-corrected chi connectivity index (χ3v) is 4.23. The van der Waals surface area contributed by atoms with Crippen LogP contribution in [0.4, 0.5) is 5.69 Å². The third kappa shape index (κ3) is 2.31. The van der Waals surface area contributed by atoms with Gasteiger partial charge in [-0.25, -0.2) is 4.98 Å². The Bertz CT molecular complexity index is 1040. The molecule has 118 valence electrons. The Morgan fingerprint density at radius 1 is 1.08 bits per heavy atom. The van der Waals surface area contributed by atoms with Crippen LogP contribution < -0.4 is 5.56 Å². The first-order valence-electron chi connectivity index (χ1n) is 7.65. The molecule has 2 heterocycles. The van der Waals surface area contributed by atoms with Gasteiger partial charge in [-0.3, -0.25) is 14.4 Å². The molecule has 1 N–H and O–H groups in total. The zero-order valence-electron chi connectivity index (χ0n) is 13.1. The molecule has 0 radical (unpaired) electrons. The quantitative estimate of drug-likeness (QED) is 0.790. The van der Waals surface area contributed by atoms with Crippen molar-refractivity contribution in [3.05, 3.63) is 64.6 Å². The lowest BCUT2D eigenvalue weighted by molar-refractivity contribution is 0.457. The summed E-state index contributed by atoms with van der Waals surface area (Å²) in [6, 6.07) is 14.1. The number of fused-ring (bicyclic) bond motifs is 1. The van der Waals surface area contributed by atoms with Gasteiger partial charge in [-0.15, -0.1) is 0 Å². The summed E-state index contributed by atoms with van der Waals surface area (Å²) < 4.78 is 1.35. The first kappa shape index (κ1) is 14.4. The van der Waals surface area contributed by atoms with E-state index in [1.54, 1.807) is 7.05 Å². The fourth-order valence-electron chi connectivity index (χ4n) is 2.92. The van der Waals surface area contributed by atoms with E-state index in [-0.39, 0.29) is 5.75 Å². The van der Waals surface area contributed by atoms with Crippen LogP contribution in [0, 0.1) is 0 Å². The van der Waals surface area contributed by atoms with Crippen LogP contribution in [0.3, 0.4) is 0 Å². The van der Waals surface area contributed by atoms with Crippen LogP contribution in [0.1, 0.15) is 5.56 Å². The molecule has 0 unspecified atom stereocenters. The maximum absolute atomic E-state index is 11.9. The van der Waals surface area contributed by atoms with Crippen molar-refractivity contribution >= 4 is 11.9 Å². The van der Waals surface area contributed by atoms with Crippen molar-refractivity contribution in [2.45, 2.75) is 6.42 Å². The average molecular weight is 317 g/mol. The van der Waals surface area contributed by atoms with Crippen LogP contribution in [0.5, 0.6) is 5.75 Å². The lowest BCUT2D eigenvalue weighted by atomic mass is 10.00. The van der Waals surface area contributed by atoms with E-state index in [2.05, 4.69) is 28.2 Å².